The summed E-state index contributed by atoms with van der Waals surface area (Å²) in [6.07, 6.45) is 9.20. The zero-order valence-electron chi connectivity index (χ0n) is 21.2. The van der Waals surface area contributed by atoms with Crippen LogP contribution >= 0.6 is 0 Å². The van der Waals surface area contributed by atoms with Crippen LogP contribution in [0.5, 0.6) is 11.5 Å². The average Bonchev–Trinajstić information content (AvgIpc) is 2.87. The maximum Gasteiger partial charge on any atom is 0.308 e. The fraction of sp³-hybridized carbons (Fsp3) is 0.400. The van der Waals surface area contributed by atoms with Gasteiger partial charge in [0.25, 0.3) is 0 Å². The van der Waals surface area contributed by atoms with E-state index in [1.807, 2.05) is 54.6 Å². The largest absolute Gasteiger partial charge is 0.497 e. The van der Waals surface area contributed by atoms with Crippen LogP contribution in [0, 0.1) is 5.92 Å². The third-order valence-corrected chi connectivity index (χ3v) is 7.53. The SMILES string of the molecule is C=CCN1CCC2(c3cccc(OC(C)=O)c3)CC(NC(=O)/C=C/c3cccc(OC)c3)CCC2C1. The Morgan fingerprint density at radius 1 is 1.17 bits per heavy atom. The number of carbonyl (C=O) groups is 2. The minimum Gasteiger partial charge on any atom is -0.497 e. The van der Waals surface area contributed by atoms with E-state index < -0.39 is 0 Å². The summed E-state index contributed by atoms with van der Waals surface area (Å²) in [5, 5.41) is 3.26. The number of nitrogens with zero attached hydrogens (tertiary/aromatic N) is 1. The van der Waals surface area contributed by atoms with Crippen LogP contribution in [0.4, 0.5) is 0 Å². The first-order valence-electron chi connectivity index (χ1n) is 12.7. The molecule has 36 heavy (non-hydrogen) atoms. The Balaban J connectivity index is 1.52. The molecule has 0 aromatic heterocycles. The molecule has 1 aliphatic heterocycles. The summed E-state index contributed by atoms with van der Waals surface area (Å²) >= 11 is 0. The Labute approximate surface area is 214 Å². The van der Waals surface area contributed by atoms with Gasteiger partial charge in [0.1, 0.15) is 11.5 Å². The summed E-state index contributed by atoms with van der Waals surface area (Å²) in [6, 6.07) is 15.7. The van der Waals surface area contributed by atoms with E-state index in [4.69, 9.17) is 9.47 Å². The first-order valence-corrected chi connectivity index (χ1v) is 12.7. The van der Waals surface area contributed by atoms with Crippen LogP contribution in [0.15, 0.2) is 67.3 Å². The number of hydrogen-bond acceptors (Lipinski definition) is 5. The van der Waals surface area contributed by atoms with Crippen molar-refractivity contribution in [3.05, 3.63) is 78.4 Å². The lowest BCUT2D eigenvalue weighted by molar-refractivity contribution is -0.131. The molecular formula is C30H36N2O4. The van der Waals surface area contributed by atoms with Crippen LogP contribution in [0.25, 0.3) is 6.08 Å². The second-order valence-electron chi connectivity index (χ2n) is 9.87. The molecule has 1 N–H and O–H groups in total. The van der Waals surface area contributed by atoms with Gasteiger partial charge in [-0.2, -0.15) is 0 Å². The first kappa shape index (κ1) is 25.7. The summed E-state index contributed by atoms with van der Waals surface area (Å²) < 4.78 is 10.7. The fourth-order valence-corrected chi connectivity index (χ4v) is 5.89. The van der Waals surface area contributed by atoms with Gasteiger partial charge in [-0.1, -0.05) is 30.3 Å². The van der Waals surface area contributed by atoms with Crippen molar-refractivity contribution in [3.8, 4) is 11.5 Å². The third kappa shape index (κ3) is 6.05. The number of likely N-dealkylation sites (tertiary alicyclic amines) is 1. The summed E-state index contributed by atoms with van der Waals surface area (Å²) in [5.74, 6) is 1.39. The van der Waals surface area contributed by atoms with Crippen molar-refractivity contribution in [1.29, 1.82) is 0 Å². The number of methoxy groups -OCH3 is 1. The number of rotatable bonds is 8. The number of esters is 1. The minimum absolute atomic E-state index is 0.0760. The topological polar surface area (TPSA) is 67.9 Å². The molecule has 2 aromatic carbocycles. The number of nitrogens with one attached hydrogen (secondary N) is 1. The molecule has 3 atom stereocenters. The van der Waals surface area contributed by atoms with E-state index in [1.54, 1.807) is 13.2 Å². The Hall–Kier alpha value is -3.38. The number of amides is 1. The standard InChI is InChI=1S/C30H36N2O4/c1-4-16-32-17-15-30(24-8-6-10-28(19-24)36-22(2)33)20-26(13-12-25(30)21-32)31-29(34)14-11-23-7-5-9-27(18-23)35-3/h4-11,14,18-19,25-26H,1,12-13,15-17,20-21H2,2-3H3,(H,31,34)/b14-11+. The van der Waals surface area contributed by atoms with Gasteiger partial charge >= 0.3 is 5.97 Å². The molecule has 6 heteroatoms. The van der Waals surface area contributed by atoms with Gasteiger partial charge in [0.2, 0.25) is 5.91 Å². The maximum atomic E-state index is 12.8. The number of benzene rings is 2. The normalized spacial score (nSPS) is 24.1. The number of carbonyl (C=O) groups excluding carboxylic acids is 2. The van der Waals surface area contributed by atoms with Gasteiger partial charge in [0.05, 0.1) is 7.11 Å². The Kier molecular flexibility index (Phi) is 8.26. The van der Waals surface area contributed by atoms with Crippen LogP contribution in [0.3, 0.4) is 0 Å². The Bertz CT molecular complexity index is 1130. The lowest BCUT2D eigenvalue weighted by Gasteiger charge is -2.53. The van der Waals surface area contributed by atoms with E-state index in [1.165, 1.54) is 12.5 Å². The summed E-state index contributed by atoms with van der Waals surface area (Å²) in [7, 11) is 1.63. The van der Waals surface area contributed by atoms with Crippen LogP contribution in [0.1, 0.15) is 43.7 Å². The van der Waals surface area contributed by atoms with Gasteiger partial charge in [-0.3, -0.25) is 14.5 Å². The van der Waals surface area contributed by atoms with Gasteiger partial charge in [0, 0.05) is 37.5 Å². The molecule has 1 saturated carbocycles. The van der Waals surface area contributed by atoms with E-state index >= 15 is 0 Å². The highest BCUT2D eigenvalue weighted by molar-refractivity contribution is 5.92. The molecule has 4 rings (SSSR count). The highest BCUT2D eigenvalue weighted by Gasteiger charge is 2.48. The highest BCUT2D eigenvalue weighted by atomic mass is 16.5. The van der Waals surface area contributed by atoms with Gasteiger partial charge in [-0.25, -0.2) is 0 Å². The average molecular weight is 489 g/mol. The highest BCUT2D eigenvalue weighted by Crippen LogP contribution is 2.49. The van der Waals surface area contributed by atoms with E-state index in [-0.39, 0.29) is 23.3 Å². The van der Waals surface area contributed by atoms with Crippen molar-refractivity contribution in [2.75, 3.05) is 26.7 Å². The van der Waals surface area contributed by atoms with E-state index in [2.05, 4.69) is 22.9 Å². The van der Waals surface area contributed by atoms with Crippen LogP contribution in [-0.2, 0) is 15.0 Å². The van der Waals surface area contributed by atoms with Gasteiger partial charge in [-0.05, 0) is 79.6 Å². The molecule has 2 aromatic rings. The van der Waals surface area contributed by atoms with E-state index in [0.29, 0.717) is 11.7 Å². The molecule has 1 amide bonds. The smallest absolute Gasteiger partial charge is 0.308 e. The summed E-state index contributed by atoms with van der Waals surface area (Å²) in [4.78, 5) is 26.9. The fourth-order valence-electron chi connectivity index (χ4n) is 5.89. The van der Waals surface area contributed by atoms with Gasteiger partial charge in [0.15, 0.2) is 0 Å². The maximum absolute atomic E-state index is 12.8. The summed E-state index contributed by atoms with van der Waals surface area (Å²) in [6.45, 7) is 8.19. The predicted molar refractivity (Wildman–Crippen MR) is 142 cm³/mol. The molecule has 6 nitrogen and oxygen atoms in total. The second-order valence-corrected chi connectivity index (χ2v) is 9.87. The lowest BCUT2D eigenvalue weighted by Crippen LogP contribution is -2.56. The molecule has 2 fully saturated rings. The van der Waals surface area contributed by atoms with Crippen molar-refractivity contribution in [2.45, 2.75) is 44.1 Å². The molecular weight excluding hydrogens is 452 g/mol. The van der Waals surface area contributed by atoms with Crippen LogP contribution in [-0.4, -0.2) is 49.6 Å². The second kappa shape index (κ2) is 11.6. The Morgan fingerprint density at radius 3 is 2.75 bits per heavy atom. The number of piperidine rings is 1. The minimum atomic E-state index is -0.321. The number of fused-ring (bicyclic) bond motifs is 1. The van der Waals surface area contributed by atoms with Crippen LogP contribution in [0.2, 0.25) is 0 Å². The molecule has 1 aliphatic carbocycles. The first-order chi connectivity index (χ1) is 17.4. The predicted octanol–water partition coefficient (Wildman–Crippen LogP) is 4.75. The molecule has 190 valence electrons. The zero-order chi connectivity index (χ0) is 25.5. The molecule has 1 heterocycles. The molecule has 0 radical (unpaired) electrons. The Morgan fingerprint density at radius 2 is 1.97 bits per heavy atom. The molecule has 1 saturated heterocycles. The lowest BCUT2D eigenvalue weighted by atomic mass is 9.58. The van der Waals surface area contributed by atoms with E-state index in [9.17, 15) is 9.59 Å². The van der Waals surface area contributed by atoms with Gasteiger partial charge in [-0.15, -0.1) is 6.58 Å². The van der Waals surface area contributed by atoms with Crippen molar-refractivity contribution in [3.63, 3.8) is 0 Å². The van der Waals surface area contributed by atoms with Crippen molar-refractivity contribution in [1.82, 2.24) is 10.2 Å². The zero-order valence-corrected chi connectivity index (χ0v) is 21.2. The van der Waals surface area contributed by atoms with Crippen molar-refractivity contribution >= 4 is 18.0 Å². The van der Waals surface area contributed by atoms with Crippen molar-refractivity contribution in [2.24, 2.45) is 5.92 Å². The van der Waals surface area contributed by atoms with E-state index in [0.717, 1.165) is 56.6 Å². The molecule has 0 spiro atoms. The number of ether oxygens (including phenoxy) is 2. The monoisotopic (exact) mass is 488 g/mol. The molecule has 0 bridgehead atoms. The quantitative estimate of drug-likeness (QED) is 0.251. The van der Waals surface area contributed by atoms with Crippen LogP contribution < -0.4 is 14.8 Å². The number of hydrogen-bond donors (Lipinski definition) is 1. The van der Waals surface area contributed by atoms with Crippen molar-refractivity contribution < 1.29 is 19.1 Å². The third-order valence-electron chi connectivity index (χ3n) is 7.53. The van der Waals surface area contributed by atoms with Gasteiger partial charge < -0.3 is 14.8 Å². The summed E-state index contributed by atoms with van der Waals surface area (Å²) in [5.41, 5.74) is 2.03. The molecule has 3 unspecified atom stereocenters. The molecule has 2 aliphatic rings.